The second kappa shape index (κ2) is 5.23. The van der Waals surface area contributed by atoms with Gasteiger partial charge in [0.25, 0.3) is 0 Å². The molecule has 2 aliphatic heterocycles. The summed E-state index contributed by atoms with van der Waals surface area (Å²) in [5, 5.41) is 11.7. The van der Waals surface area contributed by atoms with Gasteiger partial charge in [0, 0.05) is 12.8 Å². The maximum absolute atomic E-state index is 11.9. The second-order valence-electron chi connectivity index (χ2n) is 6.22. The molecule has 0 radical (unpaired) electrons. The van der Waals surface area contributed by atoms with Crippen LogP contribution in [0, 0.1) is 5.21 Å². The molecular formula is C13H21N3O4. The molecule has 7 unspecified atom stereocenters. The summed E-state index contributed by atoms with van der Waals surface area (Å²) in [6, 6.07) is 0.259. The van der Waals surface area contributed by atoms with Gasteiger partial charge in [0.15, 0.2) is 0 Å². The first-order valence-corrected chi connectivity index (χ1v) is 7.58. The van der Waals surface area contributed by atoms with Gasteiger partial charge in [-0.3, -0.25) is 4.99 Å². The van der Waals surface area contributed by atoms with Gasteiger partial charge < -0.3 is 14.7 Å². The number of epoxide rings is 2. The second-order valence-corrected chi connectivity index (χ2v) is 6.22. The van der Waals surface area contributed by atoms with E-state index in [0.717, 1.165) is 38.5 Å². The molecule has 112 valence electrons. The zero-order chi connectivity index (χ0) is 13.5. The van der Waals surface area contributed by atoms with Crippen LogP contribution in [0.25, 0.3) is 0 Å². The Bertz CT molecular complexity index is 394. The summed E-state index contributed by atoms with van der Waals surface area (Å²) in [5.41, 5.74) is 2.56. The Labute approximate surface area is 117 Å². The van der Waals surface area contributed by atoms with Crippen LogP contribution in [0.2, 0.25) is 0 Å². The predicted molar refractivity (Wildman–Crippen MR) is 69.6 cm³/mol. The van der Waals surface area contributed by atoms with Crippen molar-refractivity contribution in [2.24, 2.45) is 4.99 Å². The summed E-state index contributed by atoms with van der Waals surface area (Å²) in [7, 11) is 0. The molecule has 2 saturated heterocycles. The van der Waals surface area contributed by atoms with Crippen molar-refractivity contribution in [2.45, 2.75) is 75.0 Å². The molecule has 0 spiro atoms. The number of quaternary nitrogens is 1. The molecule has 0 aromatic rings. The molecule has 20 heavy (non-hydrogen) atoms. The van der Waals surface area contributed by atoms with Crippen LogP contribution >= 0.6 is 0 Å². The fourth-order valence-electron chi connectivity index (χ4n) is 3.44. The van der Waals surface area contributed by atoms with Crippen molar-refractivity contribution in [2.75, 3.05) is 0 Å². The lowest BCUT2D eigenvalue weighted by Crippen LogP contribution is -3.11. The molecule has 0 amide bonds. The topological polar surface area (TPSA) is 86.2 Å². The Balaban J connectivity index is 1.16. The van der Waals surface area contributed by atoms with E-state index in [-0.39, 0.29) is 11.3 Å². The summed E-state index contributed by atoms with van der Waals surface area (Å²) in [4.78, 5) is 9.43. The van der Waals surface area contributed by atoms with Crippen molar-refractivity contribution in [3.8, 4) is 0 Å². The van der Waals surface area contributed by atoms with Crippen molar-refractivity contribution >= 4 is 6.34 Å². The standard InChI is InChI=1S/C13H21N3O4/c17-16(9-2-4-11-13(6-9)19-11)20-15-7-14-8-1-3-10-12(5-8)18-10/h7-13,16H,1-6H2,(H,14,15). The Morgan fingerprint density at radius 1 is 1.05 bits per heavy atom. The van der Waals surface area contributed by atoms with Gasteiger partial charge in [-0.1, -0.05) is 4.94 Å². The number of hydrogen-bond acceptors (Lipinski definition) is 5. The first-order chi connectivity index (χ1) is 9.79. The van der Waals surface area contributed by atoms with Gasteiger partial charge in [-0.15, -0.1) is 0 Å². The van der Waals surface area contributed by atoms with E-state index in [1.165, 1.54) is 6.34 Å². The monoisotopic (exact) mass is 283 g/mol. The molecule has 0 aromatic carbocycles. The van der Waals surface area contributed by atoms with Crippen molar-refractivity contribution in [1.29, 1.82) is 0 Å². The third kappa shape index (κ3) is 2.82. The highest BCUT2D eigenvalue weighted by Crippen LogP contribution is 2.37. The lowest BCUT2D eigenvalue weighted by Gasteiger charge is -2.28. The van der Waals surface area contributed by atoms with Gasteiger partial charge in [0.1, 0.15) is 12.4 Å². The van der Waals surface area contributed by atoms with E-state index in [4.69, 9.17) is 14.4 Å². The SMILES string of the molecule is [O-][NH+](ONC=NC1CCC2OC2C1)C1CCC2OC2C1. The van der Waals surface area contributed by atoms with E-state index < -0.39 is 0 Å². The number of ether oxygens (including phenoxy) is 2. The minimum Gasteiger partial charge on any atom is -0.598 e. The van der Waals surface area contributed by atoms with Gasteiger partial charge in [-0.05, 0) is 25.7 Å². The molecule has 4 aliphatic rings. The molecule has 7 heteroatoms. The van der Waals surface area contributed by atoms with Crippen molar-refractivity contribution < 1.29 is 19.6 Å². The summed E-state index contributed by atoms with van der Waals surface area (Å²) in [5.74, 6) is 0. The quantitative estimate of drug-likeness (QED) is 0.307. The number of hydrogen-bond donors (Lipinski definition) is 2. The van der Waals surface area contributed by atoms with Crippen LogP contribution in [-0.4, -0.2) is 42.8 Å². The lowest BCUT2D eigenvalue weighted by molar-refractivity contribution is -1.08. The van der Waals surface area contributed by atoms with E-state index in [9.17, 15) is 5.21 Å². The maximum atomic E-state index is 11.9. The van der Waals surface area contributed by atoms with Crippen LogP contribution in [-0.2, 0) is 14.4 Å². The molecule has 2 saturated carbocycles. The van der Waals surface area contributed by atoms with Crippen molar-refractivity contribution in [3.63, 3.8) is 0 Å². The van der Waals surface area contributed by atoms with E-state index in [1.54, 1.807) is 0 Å². The molecule has 2 N–H and O–H groups in total. The zero-order valence-corrected chi connectivity index (χ0v) is 11.4. The number of nitrogens with one attached hydrogen (secondary N) is 2. The minimum atomic E-state index is -0.195. The molecule has 2 heterocycles. The molecule has 7 nitrogen and oxygen atoms in total. The Kier molecular flexibility index (Phi) is 3.39. The fraction of sp³-hybridized carbons (Fsp3) is 0.923. The smallest absolute Gasteiger partial charge is 0.122 e. The minimum absolute atomic E-state index is 0.0325. The predicted octanol–water partition coefficient (Wildman–Crippen LogP) is -0.527. The first-order valence-electron chi connectivity index (χ1n) is 7.58. The summed E-state index contributed by atoms with van der Waals surface area (Å²) >= 11 is 0. The number of aliphatic imine (C=N–C) groups is 1. The van der Waals surface area contributed by atoms with E-state index >= 15 is 0 Å². The average Bonchev–Trinajstić information content (AvgIpc) is 3.35. The van der Waals surface area contributed by atoms with Gasteiger partial charge in [-0.2, -0.15) is 5.23 Å². The fourth-order valence-corrected chi connectivity index (χ4v) is 3.44. The lowest BCUT2D eigenvalue weighted by atomic mass is 9.96. The van der Waals surface area contributed by atoms with Crippen molar-refractivity contribution in [3.05, 3.63) is 5.21 Å². The number of rotatable bonds is 5. The highest BCUT2D eigenvalue weighted by atomic mass is 17.0. The zero-order valence-electron chi connectivity index (χ0n) is 11.4. The molecule has 4 rings (SSSR count). The number of fused-ring (bicyclic) bond motifs is 2. The summed E-state index contributed by atoms with van der Waals surface area (Å²) in [6.07, 6.45) is 8.89. The Hall–Kier alpha value is -0.730. The third-order valence-corrected chi connectivity index (χ3v) is 4.81. The van der Waals surface area contributed by atoms with Crippen LogP contribution in [0.1, 0.15) is 38.5 Å². The highest BCUT2D eigenvalue weighted by molar-refractivity contribution is 5.52. The Morgan fingerprint density at radius 2 is 1.80 bits per heavy atom. The van der Waals surface area contributed by atoms with Crippen LogP contribution in [0.4, 0.5) is 0 Å². The molecule has 0 aromatic heterocycles. The highest BCUT2D eigenvalue weighted by Gasteiger charge is 2.46. The van der Waals surface area contributed by atoms with Gasteiger partial charge in [0.05, 0.1) is 30.5 Å². The molecule has 0 bridgehead atoms. The van der Waals surface area contributed by atoms with E-state index in [0.29, 0.717) is 30.5 Å². The summed E-state index contributed by atoms with van der Waals surface area (Å²) in [6.45, 7) is 0. The Morgan fingerprint density at radius 3 is 2.55 bits per heavy atom. The number of hydroxylamine groups is 3. The van der Waals surface area contributed by atoms with E-state index in [2.05, 4.69) is 10.5 Å². The number of nitrogens with zero attached hydrogens (tertiary/aromatic N) is 1. The van der Waals surface area contributed by atoms with Crippen LogP contribution in [0.15, 0.2) is 4.99 Å². The molecule has 7 atom stereocenters. The van der Waals surface area contributed by atoms with Crippen LogP contribution < -0.4 is 10.7 Å². The molecule has 2 aliphatic carbocycles. The molecule has 4 fully saturated rings. The third-order valence-electron chi connectivity index (χ3n) is 4.81. The van der Waals surface area contributed by atoms with Crippen LogP contribution in [0.5, 0.6) is 0 Å². The van der Waals surface area contributed by atoms with Gasteiger partial charge >= 0.3 is 0 Å². The average molecular weight is 283 g/mol. The largest absolute Gasteiger partial charge is 0.598 e. The normalized spacial score (nSPS) is 47.5. The van der Waals surface area contributed by atoms with E-state index in [1.807, 2.05) is 0 Å². The van der Waals surface area contributed by atoms with Gasteiger partial charge in [0.2, 0.25) is 0 Å². The summed E-state index contributed by atoms with van der Waals surface area (Å²) < 4.78 is 10.9. The maximum Gasteiger partial charge on any atom is 0.122 e. The first kappa shape index (κ1) is 13.0. The van der Waals surface area contributed by atoms with Crippen molar-refractivity contribution in [1.82, 2.24) is 5.48 Å². The van der Waals surface area contributed by atoms with Crippen LogP contribution in [0.3, 0.4) is 0 Å². The van der Waals surface area contributed by atoms with Gasteiger partial charge in [-0.25, -0.2) is 5.48 Å². The molecular weight excluding hydrogens is 262 g/mol.